The number of hydrogen-bond acceptors (Lipinski definition) is 4. The van der Waals surface area contributed by atoms with Crippen molar-refractivity contribution in [1.29, 1.82) is 0 Å². The molecule has 1 unspecified atom stereocenters. The highest BCUT2D eigenvalue weighted by Crippen LogP contribution is 2.44. The fourth-order valence-corrected chi connectivity index (χ4v) is 4.74. The number of alkyl carbamates (subject to hydrolysis) is 1. The summed E-state index contributed by atoms with van der Waals surface area (Å²) in [4.78, 5) is 29.1. The minimum atomic E-state index is -1.14. The highest BCUT2D eigenvalue weighted by molar-refractivity contribution is 5.81. The predicted octanol–water partition coefficient (Wildman–Crippen LogP) is 4.49. The molecule has 0 saturated carbocycles. The van der Waals surface area contributed by atoms with E-state index in [-0.39, 0.29) is 18.9 Å². The number of carboxylic acids is 1. The number of nitrogens with zero attached hydrogens (tertiary/aromatic N) is 2. The van der Waals surface area contributed by atoms with Crippen LogP contribution in [0.2, 0.25) is 0 Å². The molecule has 0 saturated heterocycles. The molecule has 2 aromatic heterocycles. The van der Waals surface area contributed by atoms with Crippen LogP contribution in [0.1, 0.15) is 34.0 Å². The molecule has 7 nitrogen and oxygen atoms in total. The predicted molar refractivity (Wildman–Crippen MR) is 128 cm³/mol. The van der Waals surface area contributed by atoms with Crippen LogP contribution in [0.5, 0.6) is 0 Å². The van der Waals surface area contributed by atoms with Crippen molar-refractivity contribution < 1.29 is 19.4 Å². The number of fused-ring (bicyclic) bond motifs is 4. The van der Waals surface area contributed by atoms with Crippen molar-refractivity contribution in [2.45, 2.75) is 32.2 Å². The number of rotatable bonds is 6. The zero-order valence-electron chi connectivity index (χ0n) is 19.0. The van der Waals surface area contributed by atoms with Gasteiger partial charge in [0.05, 0.1) is 5.69 Å². The van der Waals surface area contributed by atoms with Gasteiger partial charge in [-0.2, -0.15) is 0 Å². The summed E-state index contributed by atoms with van der Waals surface area (Å²) in [6.07, 6.45) is 1.25. The van der Waals surface area contributed by atoms with E-state index in [0.717, 1.165) is 44.9 Å². The molecule has 34 heavy (non-hydrogen) atoms. The Labute approximate surface area is 197 Å². The first-order chi connectivity index (χ1) is 16.4. The van der Waals surface area contributed by atoms with Gasteiger partial charge in [0.25, 0.3) is 0 Å². The summed E-state index contributed by atoms with van der Waals surface area (Å²) in [5.41, 5.74) is 7.70. The third-order valence-corrected chi connectivity index (χ3v) is 6.40. The van der Waals surface area contributed by atoms with E-state index in [1.54, 1.807) is 0 Å². The van der Waals surface area contributed by atoms with Gasteiger partial charge in [0.2, 0.25) is 0 Å². The number of hydrogen-bond donors (Lipinski definition) is 2. The van der Waals surface area contributed by atoms with Gasteiger partial charge in [0.15, 0.2) is 0 Å². The van der Waals surface area contributed by atoms with E-state index in [4.69, 9.17) is 4.74 Å². The average Bonchev–Trinajstić information content (AvgIpc) is 3.31. The first kappa shape index (κ1) is 21.7. The molecule has 0 radical (unpaired) electrons. The zero-order chi connectivity index (χ0) is 23.8. The van der Waals surface area contributed by atoms with Crippen LogP contribution in [-0.2, 0) is 16.0 Å². The fraction of sp³-hybridized carbons (Fsp3) is 0.222. The molecule has 1 amide bonds. The molecule has 1 aliphatic rings. The lowest BCUT2D eigenvalue weighted by Gasteiger charge is -2.18. The van der Waals surface area contributed by atoms with E-state index in [1.807, 2.05) is 73.0 Å². The number of aryl methyl sites for hydroxylation is 2. The second-order valence-corrected chi connectivity index (χ2v) is 8.64. The van der Waals surface area contributed by atoms with E-state index >= 15 is 0 Å². The van der Waals surface area contributed by atoms with Crippen molar-refractivity contribution in [3.05, 3.63) is 94.9 Å². The van der Waals surface area contributed by atoms with Crippen LogP contribution in [0.4, 0.5) is 4.79 Å². The van der Waals surface area contributed by atoms with Gasteiger partial charge < -0.3 is 19.6 Å². The number of carbonyl (C=O) groups is 2. The Hall–Kier alpha value is -4.13. The van der Waals surface area contributed by atoms with Crippen LogP contribution >= 0.6 is 0 Å². The molecule has 5 rings (SSSR count). The van der Waals surface area contributed by atoms with Gasteiger partial charge in [0, 0.05) is 24.2 Å². The largest absolute Gasteiger partial charge is 0.480 e. The SMILES string of the molecule is Cc1ccc2nc(C)c(CC(NC(=O)OCC3c4ccccc4-c4ccccc43)C(=O)O)n2c1. The number of aromatic nitrogens is 2. The quantitative estimate of drug-likeness (QED) is 0.447. The normalized spacial score (nSPS) is 13.4. The van der Waals surface area contributed by atoms with Crippen molar-refractivity contribution in [1.82, 2.24) is 14.7 Å². The van der Waals surface area contributed by atoms with Crippen molar-refractivity contribution in [2.75, 3.05) is 6.61 Å². The number of pyridine rings is 1. The van der Waals surface area contributed by atoms with Gasteiger partial charge in [-0.25, -0.2) is 14.6 Å². The van der Waals surface area contributed by atoms with Crippen molar-refractivity contribution in [3.63, 3.8) is 0 Å². The highest BCUT2D eigenvalue weighted by atomic mass is 16.5. The van der Waals surface area contributed by atoms with Crippen molar-refractivity contribution >= 4 is 17.7 Å². The Kier molecular flexibility index (Phi) is 5.53. The third kappa shape index (κ3) is 3.90. The molecule has 172 valence electrons. The van der Waals surface area contributed by atoms with Gasteiger partial charge in [-0.1, -0.05) is 54.6 Å². The first-order valence-corrected chi connectivity index (χ1v) is 11.2. The van der Waals surface area contributed by atoms with Crippen molar-refractivity contribution in [2.24, 2.45) is 0 Å². The molecule has 0 aliphatic heterocycles. The molecule has 1 aliphatic carbocycles. The number of amides is 1. The number of benzene rings is 2. The Balaban J connectivity index is 1.31. The van der Waals surface area contributed by atoms with Crippen LogP contribution in [0, 0.1) is 13.8 Å². The van der Waals surface area contributed by atoms with Gasteiger partial charge in [0.1, 0.15) is 18.3 Å². The van der Waals surface area contributed by atoms with Gasteiger partial charge in [-0.05, 0) is 47.7 Å². The first-order valence-electron chi connectivity index (χ1n) is 11.2. The van der Waals surface area contributed by atoms with Gasteiger partial charge >= 0.3 is 12.1 Å². The summed E-state index contributed by atoms with van der Waals surface area (Å²) in [7, 11) is 0. The van der Waals surface area contributed by atoms with Crippen LogP contribution in [0.3, 0.4) is 0 Å². The monoisotopic (exact) mass is 455 g/mol. The van der Waals surface area contributed by atoms with Crippen LogP contribution in [0.25, 0.3) is 16.8 Å². The van der Waals surface area contributed by atoms with E-state index in [2.05, 4.69) is 22.4 Å². The maximum absolute atomic E-state index is 12.7. The summed E-state index contributed by atoms with van der Waals surface area (Å²) in [5, 5.41) is 12.3. The number of carbonyl (C=O) groups excluding carboxylic acids is 1. The Morgan fingerprint density at radius 2 is 1.68 bits per heavy atom. The summed E-state index contributed by atoms with van der Waals surface area (Å²) in [6, 6.07) is 18.8. The third-order valence-electron chi connectivity index (χ3n) is 6.40. The molecule has 7 heteroatoms. The topological polar surface area (TPSA) is 92.9 Å². The minimum Gasteiger partial charge on any atom is -0.480 e. The lowest BCUT2D eigenvalue weighted by molar-refractivity contribution is -0.139. The average molecular weight is 456 g/mol. The van der Waals surface area contributed by atoms with Crippen LogP contribution < -0.4 is 5.32 Å². The van der Waals surface area contributed by atoms with Crippen LogP contribution in [0.15, 0.2) is 66.9 Å². The number of imidazole rings is 1. The molecule has 0 fully saturated rings. The highest BCUT2D eigenvalue weighted by Gasteiger charge is 2.30. The van der Waals surface area contributed by atoms with E-state index < -0.39 is 18.1 Å². The molecule has 0 bridgehead atoms. The Bertz CT molecular complexity index is 1360. The lowest BCUT2D eigenvalue weighted by Crippen LogP contribution is -2.43. The number of ether oxygens (including phenoxy) is 1. The van der Waals surface area contributed by atoms with Gasteiger partial charge in [-0.15, -0.1) is 0 Å². The summed E-state index contributed by atoms with van der Waals surface area (Å²) in [6.45, 7) is 3.92. The molecule has 1 atom stereocenters. The van der Waals surface area contributed by atoms with Gasteiger partial charge in [-0.3, -0.25) is 0 Å². The molecule has 2 heterocycles. The standard InChI is InChI=1S/C27H25N3O4/c1-16-11-12-25-28-17(2)24(30(25)14-16)13-23(26(31)32)29-27(33)34-15-22-20-9-5-3-7-18(20)19-8-4-6-10-21(19)22/h3-12,14,22-23H,13,15H2,1-2H3,(H,29,33)(H,31,32). The van der Waals surface area contributed by atoms with E-state index in [9.17, 15) is 14.7 Å². The fourth-order valence-electron chi connectivity index (χ4n) is 4.74. The summed E-state index contributed by atoms with van der Waals surface area (Å²) in [5.74, 6) is -1.22. The molecule has 4 aromatic rings. The number of aliphatic carboxylic acids is 1. The Morgan fingerprint density at radius 3 is 2.32 bits per heavy atom. The second-order valence-electron chi connectivity index (χ2n) is 8.64. The van der Waals surface area contributed by atoms with Crippen molar-refractivity contribution in [3.8, 4) is 11.1 Å². The van der Waals surface area contributed by atoms with E-state index in [0.29, 0.717) is 0 Å². The Morgan fingerprint density at radius 1 is 1.03 bits per heavy atom. The minimum absolute atomic E-state index is 0.0922. The molecular formula is C27H25N3O4. The number of carboxylic acid groups (broad SMARTS) is 1. The maximum atomic E-state index is 12.7. The molecular weight excluding hydrogens is 430 g/mol. The molecule has 2 N–H and O–H groups in total. The zero-order valence-corrected chi connectivity index (χ0v) is 19.0. The number of nitrogens with one attached hydrogen (secondary N) is 1. The smallest absolute Gasteiger partial charge is 0.407 e. The van der Waals surface area contributed by atoms with E-state index in [1.165, 1.54) is 0 Å². The summed E-state index contributed by atoms with van der Waals surface area (Å²) >= 11 is 0. The molecule has 0 spiro atoms. The van der Waals surface area contributed by atoms with Crippen LogP contribution in [-0.4, -0.2) is 39.2 Å². The maximum Gasteiger partial charge on any atom is 0.407 e. The summed E-state index contributed by atoms with van der Waals surface area (Å²) < 4.78 is 7.42. The second kappa shape index (κ2) is 8.67. The lowest BCUT2D eigenvalue weighted by atomic mass is 9.98. The molecule has 2 aromatic carbocycles.